The molecule has 0 aromatic heterocycles. The van der Waals surface area contributed by atoms with Crippen molar-refractivity contribution in [2.24, 2.45) is 0 Å². The molecule has 0 spiro atoms. The van der Waals surface area contributed by atoms with Crippen LogP contribution in [0.3, 0.4) is 0 Å². The summed E-state index contributed by atoms with van der Waals surface area (Å²) in [7, 11) is -3.25. The van der Waals surface area contributed by atoms with Crippen LogP contribution in [0.15, 0.2) is 75.9 Å². The maximum absolute atomic E-state index is 5.85. The van der Waals surface area contributed by atoms with Crippen LogP contribution in [0, 0.1) is 0 Å². The zero-order valence-electron chi connectivity index (χ0n) is 13.4. The highest BCUT2D eigenvalue weighted by Crippen LogP contribution is 2.11. The maximum atomic E-state index is 5.85. The minimum Gasteiger partial charge on any atom is -0.434 e. The summed E-state index contributed by atoms with van der Waals surface area (Å²) >= 11 is 0. The number of rotatable bonds is 15. The average Bonchev–Trinajstić information content (AvgIpc) is 2.56. The molecule has 0 bridgehead atoms. The molecule has 0 N–H and O–H groups in total. The average molecular weight is 350 g/mol. The van der Waals surface area contributed by atoms with Crippen molar-refractivity contribution in [1.29, 1.82) is 0 Å². The van der Waals surface area contributed by atoms with E-state index in [2.05, 4.69) is 39.5 Å². The Labute approximate surface area is 142 Å². The lowest BCUT2D eigenvalue weighted by molar-refractivity contribution is 0.327. The first-order valence-electron chi connectivity index (χ1n) is 7.25. The van der Waals surface area contributed by atoms with E-state index in [-0.39, 0.29) is 16.6 Å². The van der Waals surface area contributed by atoms with E-state index in [1.807, 2.05) is 36.5 Å². The van der Waals surface area contributed by atoms with Crippen LogP contribution in [-0.4, -0.2) is 36.6 Å². The van der Waals surface area contributed by atoms with Crippen LogP contribution in [0.1, 0.15) is 0 Å². The minimum atomic E-state index is -0.882. The van der Waals surface area contributed by atoms with Crippen LogP contribution >= 0.6 is 0 Å². The molecule has 0 aromatic carbocycles. The third-order valence-electron chi connectivity index (χ3n) is 3.09. The zero-order valence-corrected chi connectivity index (χ0v) is 17.6. The normalized spacial score (nSPS) is 12.1. The van der Waals surface area contributed by atoms with Crippen LogP contribution in [-0.2, 0) is 13.0 Å². The highest BCUT2D eigenvalue weighted by atomic mass is 28.2. The van der Waals surface area contributed by atoms with Gasteiger partial charge in [0.1, 0.15) is 0 Å². The summed E-state index contributed by atoms with van der Waals surface area (Å²) in [5.41, 5.74) is 0.631. The summed E-state index contributed by atoms with van der Waals surface area (Å²) in [6.07, 6.45) is 11.1. The van der Waals surface area contributed by atoms with E-state index < -0.39 is 36.6 Å². The second kappa shape index (κ2) is 13.7. The summed E-state index contributed by atoms with van der Waals surface area (Å²) in [4.78, 5) is 0. The van der Waals surface area contributed by atoms with Crippen molar-refractivity contribution in [3.8, 4) is 0 Å². The van der Waals surface area contributed by atoms with Crippen LogP contribution in [0.4, 0.5) is 0 Å². The monoisotopic (exact) mass is 350 g/mol. The van der Waals surface area contributed by atoms with E-state index in [0.717, 1.165) is 0 Å². The van der Waals surface area contributed by atoms with Gasteiger partial charge in [-0.2, -0.15) is 0 Å². The predicted octanol–water partition coefficient (Wildman–Crippen LogP) is 1.75. The van der Waals surface area contributed by atoms with Crippen molar-refractivity contribution in [3.05, 3.63) is 75.9 Å². The lowest BCUT2D eigenvalue weighted by Crippen LogP contribution is -2.34. The fourth-order valence-corrected chi connectivity index (χ4v) is 4.52. The number of allylic oxidation sites excluding steroid dienone is 6. The molecule has 0 rings (SSSR count). The molecule has 0 aromatic rings. The largest absolute Gasteiger partial charge is 0.605 e. The molecule has 3 nitrogen and oxygen atoms in total. The standard InChI is InChI=1S/C15H27BO3Si3/c1-7-13(8-2)20-17-16(18-21-14(9-3)10-4)19-22-15(11-5)12-6/h7-15H,1-6,20-22H2. The molecule has 0 saturated carbocycles. The van der Waals surface area contributed by atoms with Crippen molar-refractivity contribution in [3.63, 3.8) is 0 Å². The lowest BCUT2D eigenvalue weighted by Gasteiger charge is -2.19. The summed E-state index contributed by atoms with van der Waals surface area (Å²) < 4.78 is 17.5. The van der Waals surface area contributed by atoms with Crippen LogP contribution in [0.5, 0.6) is 0 Å². The molecule has 0 radical (unpaired) electrons. The Bertz CT molecular complexity index is 309. The molecule has 0 atom stereocenters. The number of hydrogen-bond donors (Lipinski definition) is 0. The van der Waals surface area contributed by atoms with E-state index >= 15 is 0 Å². The summed E-state index contributed by atoms with van der Waals surface area (Å²) in [5, 5.41) is 0. The van der Waals surface area contributed by atoms with Gasteiger partial charge in [0.15, 0.2) is 29.3 Å². The van der Waals surface area contributed by atoms with Crippen molar-refractivity contribution in [2.45, 2.75) is 16.6 Å². The van der Waals surface area contributed by atoms with Gasteiger partial charge in [-0.15, -0.1) is 39.5 Å². The Morgan fingerprint density at radius 1 is 0.545 bits per heavy atom. The van der Waals surface area contributed by atoms with Gasteiger partial charge in [0.25, 0.3) is 0 Å². The summed E-state index contributed by atoms with van der Waals surface area (Å²) in [6, 6.07) is 0. The Balaban J connectivity index is 4.52. The fourth-order valence-electron chi connectivity index (χ4n) is 1.41. The van der Waals surface area contributed by atoms with Crippen molar-refractivity contribution < 1.29 is 13.0 Å². The van der Waals surface area contributed by atoms with Gasteiger partial charge in [0.05, 0.1) is 0 Å². The molecule has 120 valence electrons. The highest BCUT2D eigenvalue weighted by molar-refractivity contribution is 6.60. The van der Waals surface area contributed by atoms with Crippen LogP contribution in [0.2, 0.25) is 16.6 Å². The Morgan fingerprint density at radius 2 is 0.773 bits per heavy atom. The molecular weight excluding hydrogens is 323 g/mol. The molecule has 0 aliphatic carbocycles. The zero-order chi connectivity index (χ0) is 16.8. The van der Waals surface area contributed by atoms with E-state index in [9.17, 15) is 0 Å². The van der Waals surface area contributed by atoms with Crippen molar-refractivity contribution in [1.82, 2.24) is 0 Å². The molecule has 7 heteroatoms. The highest BCUT2D eigenvalue weighted by Gasteiger charge is 2.23. The van der Waals surface area contributed by atoms with E-state index in [1.54, 1.807) is 0 Å². The van der Waals surface area contributed by atoms with E-state index in [1.165, 1.54) is 0 Å². The molecule has 0 aliphatic heterocycles. The van der Waals surface area contributed by atoms with Crippen LogP contribution in [0.25, 0.3) is 0 Å². The molecule has 0 amide bonds. The molecule has 0 unspecified atom stereocenters. The smallest absolute Gasteiger partial charge is 0.434 e. The first kappa shape index (κ1) is 21.0. The third kappa shape index (κ3) is 9.13. The lowest BCUT2D eigenvalue weighted by atomic mass is 10.3. The molecule has 0 fully saturated rings. The topological polar surface area (TPSA) is 27.7 Å². The van der Waals surface area contributed by atoms with Gasteiger partial charge in [-0.05, 0) is 0 Å². The van der Waals surface area contributed by atoms with Crippen LogP contribution < -0.4 is 0 Å². The van der Waals surface area contributed by atoms with Gasteiger partial charge >= 0.3 is 7.32 Å². The number of hydrogen-bond acceptors (Lipinski definition) is 3. The van der Waals surface area contributed by atoms with Crippen molar-refractivity contribution >= 4 is 36.6 Å². The fraction of sp³-hybridized carbons (Fsp3) is 0.200. The van der Waals surface area contributed by atoms with Gasteiger partial charge in [0, 0.05) is 16.6 Å². The minimum absolute atomic E-state index is 0.210. The van der Waals surface area contributed by atoms with E-state index in [0.29, 0.717) is 0 Å². The third-order valence-corrected chi connectivity index (χ3v) is 7.64. The maximum Gasteiger partial charge on any atom is 0.605 e. The molecular formula is C15H27BO3Si3. The first-order chi connectivity index (χ1) is 10.6. The van der Waals surface area contributed by atoms with E-state index in [4.69, 9.17) is 13.0 Å². The molecule has 22 heavy (non-hydrogen) atoms. The van der Waals surface area contributed by atoms with Gasteiger partial charge < -0.3 is 13.0 Å². The van der Waals surface area contributed by atoms with Gasteiger partial charge in [-0.25, -0.2) is 0 Å². The molecule has 0 aliphatic rings. The summed E-state index contributed by atoms with van der Waals surface area (Å²) in [5.74, 6) is 0. The SMILES string of the molecule is C=CC(C=C)[SiH2]OB(O[SiH2]C(C=C)C=C)O[SiH2]C(C=C)C=C. The predicted molar refractivity (Wildman–Crippen MR) is 107 cm³/mol. The second-order valence-electron chi connectivity index (χ2n) is 4.69. The first-order valence-corrected chi connectivity index (χ1v) is 11.4. The molecule has 0 saturated heterocycles. The Kier molecular flexibility index (Phi) is 13.1. The van der Waals surface area contributed by atoms with Gasteiger partial charge in [0.2, 0.25) is 0 Å². The van der Waals surface area contributed by atoms with Crippen molar-refractivity contribution in [2.75, 3.05) is 0 Å². The Morgan fingerprint density at radius 3 is 0.955 bits per heavy atom. The van der Waals surface area contributed by atoms with Gasteiger partial charge in [-0.1, -0.05) is 36.5 Å². The van der Waals surface area contributed by atoms with Gasteiger partial charge in [-0.3, -0.25) is 0 Å². The summed E-state index contributed by atoms with van der Waals surface area (Å²) in [6.45, 7) is 22.7. The second-order valence-corrected chi connectivity index (χ2v) is 9.52. The quantitative estimate of drug-likeness (QED) is 0.333. The Hall–Kier alpha value is -0.964. The molecule has 0 heterocycles.